The second-order valence-electron chi connectivity index (χ2n) is 8.20. The Kier molecular flexibility index (Phi) is 8.02. The number of amides is 1. The van der Waals surface area contributed by atoms with Gasteiger partial charge in [0.15, 0.2) is 0 Å². The minimum absolute atomic E-state index is 0.0342. The van der Waals surface area contributed by atoms with Crippen molar-refractivity contribution in [1.82, 2.24) is 14.6 Å². The van der Waals surface area contributed by atoms with Gasteiger partial charge in [0.2, 0.25) is 10.9 Å². The number of fused-ring (bicyclic) bond motifs is 1. The maximum atomic E-state index is 12.5. The molecule has 4 rings (SSSR count). The molecule has 34 heavy (non-hydrogen) atoms. The second kappa shape index (κ2) is 11.3. The number of benzene rings is 1. The van der Waals surface area contributed by atoms with Crippen LogP contribution in [0, 0.1) is 5.92 Å². The van der Waals surface area contributed by atoms with E-state index in [1.807, 2.05) is 6.92 Å². The van der Waals surface area contributed by atoms with E-state index in [-0.39, 0.29) is 24.0 Å². The third kappa shape index (κ3) is 6.06. The van der Waals surface area contributed by atoms with E-state index >= 15 is 0 Å². The van der Waals surface area contributed by atoms with Crippen molar-refractivity contribution in [2.45, 2.75) is 52.1 Å². The van der Waals surface area contributed by atoms with Gasteiger partial charge in [0, 0.05) is 30.7 Å². The molecule has 2 heterocycles. The molecule has 2 aromatic heterocycles. The maximum absolute atomic E-state index is 12.5. The van der Waals surface area contributed by atoms with Gasteiger partial charge in [0.25, 0.3) is 5.56 Å². The monoisotopic (exact) mass is 484 g/mol. The number of rotatable bonds is 9. The first-order chi connectivity index (χ1) is 16.5. The summed E-state index contributed by atoms with van der Waals surface area (Å²) in [6.45, 7) is 2.94. The zero-order valence-electron chi connectivity index (χ0n) is 19.1. The smallest absolute Gasteiger partial charge is 0.338 e. The van der Waals surface area contributed by atoms with Crippen molar-refractivity contribution in [3.63, 3.8) is 0 Å². The summed E-state index contributed by atoms with van der Waals surface area (Å²) in [6.07, 6.45) is 5.83. The lowest BCUT2D eigenvalue weighted by Gasteiger charge is -2.20. The van der Waals surface area contributed by atoms with Crippen molar-refractivity contribution < 1.29 is 19.1 Å². The Balaban J connectivity index is 1.33. The molecule has 1 saturated carbocycles. The van der Waals surface area contributed by atoms with Crippen LogP contribution in [0.25, 0.3) is 4.96 Å². The van der Waals surface area contributed by atoms with Crippen LogP contribution in [0.5, 0.6) is 0 Å². The first kappa shape index (κ1) is 24.0. The number of nitrogens with one attached hydrogen (secondary N) is 1. The summed E-state index contributed by atoms with van der Waals surface area (Å²) in [5, 5.41) is 7.95. The highest BCUT2D eigenvalue weighted by atomic mass is 32.1. The van der Waals surface area contributed by atoms with Crippen LogP contribution >= 0.6 is 11.3 Å². The molecule has 1 aliphatic carbocycles. The molecule has 1 N–H and O–H groups in total. The lowest BCUT2D eigenvalue weighted by atomic mass is 9.88. The van der Waals surface area contributed by atoms with E-state index in [2.05, 4.69) is 15.4 Å². The van der Waals surface area contributed by atoms with Gasteiger partial charge in [-0.2, -0.15) is 9.61 Å². The fraction of sp³-hybridized carbons (Fsp3) is 0.458. The fourth-order valence-corrected chi connectivity index (χ4v) is 4.79. The highest BCUT2D eigenvalue weighted by Crippen LogP contribution is 2.25. The number of esters is 1. The van der Waals surface area contributed by atoms with Gasteiger partial charge in [-0.1, -0.05) is 30.6 Å². The first-order valence-corrected chi connectivity index (χ1v) is 12.4. The Labute approximate surface area is 201 Å². The van der Waals surface area contributed by atoms with Gasteiger partial charge in [-0.15, -0.1) is 0 Å². The van der Waals surface area contributed by atoms with E-state index in [9.17, 15) is 14.4 Å². The quantitative estimate of drug-likeness (QED) is 0.365. The Morgan fingerprint density at radius 1 is 1.18 bits per heavy atom. The van der Waals surface area contributed by atoms with Gasteiger partial charge in [-0.05, 0) is 44.0 Å². The molecule has 0 saturated heterocycles. The van der Waals surface area contributed by atoms with Crippen molar-refractivity contribution in [2.75, 3.05) is 18.5 Å². The standard InChI is InChI=1S/C24H28N4O5S/c1-2-32-13-12-20-27-28-21(29)14-19(26-24(28)34-20)15-33-23(31)17-8-10-18(11-9-17)25-22(30)16-6-4-3-5-7-16/h8-11,14,16H,2-7,12-13,15H2,1H3,(H,25,30). The van der Waals surface area contributed by atoms with E-state index < -0.39 is 5.97 Å². The average molecular weight is 485 g/mol. The molecule has 0 aliphatic heterocycles. The Morgan fingerprint density at radius 2 is 1.94 bits per heavy atom. The summed E-state index contributed by atoms with van der Waals surface area (Å²) >= 11 is 1.31. The van der Waals surface area contributed by atoms with Crippen LogP contribution in [0.3, 0.4) is 0 Å². The molecule has 1 aromatic carbocycles. The van der Waals surface area contributed by atoms with Gasteiger partial charge in [0.1, 0.15) is 11.6 Å². The zero-order valence-corrected chi connectivity index (χ0v) is 19.9. The van der Waals surface area contributed by atoms with Crippen LogP contribution in [0.4, 0.5) is 5.69 Å². The molecule has 0 atom stereocenters. The third-order valence-electron chi connectivity index (χ3n) is 5.72. The summed E-state index contributed by atoms with van der Waals surface area (Å²) < 4.78 is 11.9. The minimum Gasteiger partial charge on any atom is -0.456 e. The van der Waals surface area contributed by atoms with Crippen molar-refractivity contribution in [3.05, 3.63) is 57.0 Å². The highest BCUT2D eigenvalue weighted by molar-refractivity contribution is 7.16. The van der Waals surface area contributed by atoms with Gasteiger partial charge < -0.3 is 14.8 Å². The number of anilines is 1. The maximum Gasteiger partial charge on any atom is 0.338 e. The normalized spacial score (nSPS) is 14.3. The van der Waals surface area contributed by atoms with E-state index in [0.717, 1.165) is 30.7 Å². The lowest BCUT2D eigenvalue weighted by Crippen LogP contribution is -2.24. The molecule has 1 amide bonds. The number of aromatic nitrogens is 3. The Bertz CT molecular complexity index is 1200. The molecule has 0 bridgehead atoms. The van der Waals surface area contributed by atoms with E-state index in [0.29, 0.717) is 41.5 Å². The molecule has 1 aliphatic rings. The Morgan fingerprint density at radius 3 is 2.68 bits per heavy atom. The molecule has 0 unspecified atom stereocenters. The molecular formula is C24H28N4O5S. The molecular weight excluding hydrogens is 456 g/mol. The van der Waals surface area contributed by atoms with Crippen LogP contribution in [0.1, 0.15) is 60.1 Å². The largest absolute Gasteiger partial charge is 0.456 e. The minimum atomic E-state index is -0.533. The van der Waals surface area contributed by atoms with Crippen LogP contribution in [-0.4, -0.2) is 39.7 Å². The number of carbonyl (C=O) groups is 2. The Hall–Kier alpha value is -3.11. The topological polar surface area (TPSA) is 112 Å². The van der Waals surface area contributed by atoms with Crippen LogP contribution < -0.4 is 10.9 Å². The summed E-state index contributed by atoms with van der Waals surface area (Å²) in [5.74, 6) is -0.438. The number of hydrogen-bond acceptors (Lipinski definition) is 8. The molecule has 9 nitrogen and oxygen atoms in total. The van der Waals surface area contributed by atoms with Gasteiger partial charge >= 0.3 is 5.97 Å². The van der Waals surface area contributed by atoms with E-state index in [1.54, 1.807) is 24.3 Å². The fourth-order valence-electron chi connectivity index (χ4n) is 3.90. The molecule has 3 aromatic rings. The highest BCUT2D eigenvalue weighted by Gasteiger charge is 2.21. The SMILES string of the molecule is CCOCCc1nn2c(=O)cc(COC(=O)c3ccc(NC(=O)C4CCCCC4)cc3)nc2s1. The summed E-state index contributed by atoms with van der Waals surface area (Å²) in [6, 6.07) is 7.91. The third-order valence-corrected chi connectivity index (χ3v) is 6.69. The molecule has 0 radical (unpaired) electrons. The average Bonchev–Trinajstić information content (AvgIpc) is 3.27. The molecule has 10 heteroatoms. The zero-order chi connectivity index (χ0) is 23.9. The van der Waals surface area contributed by atoms with Crippen LogP contribution in [0.2, 0.25) is 0 Å². The summed E-state index contributed by atoms with van der Waals surface area (Å²) in [7, 11) is 0. The van der Waals surface area contributed by atoms with Crippen molar-refractivity contribution in [2.24, 2.45) is 5.92 Å². The van der Waals surface area contributed by atoms with E-state index in [1.165, 1.54) is 28.3 Å². The van der Waals surface area contributed by atoms with Crippen LogP contribution in [-0.2, 0) is 27.3 Å². The van der Waals surface area contributed by atoms with Crippen LogP contribution in [0.15, 0.2) is 35.1 Å². The molecule has 1 fully saturated rings. The number of nitrogens with zero attached hydrogens (tertiary/aromatic N) is 3. The first-order valence-electron chi connectivity index (χ1n) is 11.6. The predicted molar refractivity (Wildman–Crippen MR) is 128 cm³/mol. The van der Waals surface area contributed by atoms with E-state index in [4.69, 9.17) is 9.47 Å². The predicted octanol–water partition coefficient (Wildman–Crippen LogP) is 3.61. The molecule has 180 valence electrons. The van der Waals surface area contributed by atoms with Crippen molar-refractivity contribution in [1.29, 1.82) is 0 Å². The summed E-state index contributed by atoms with van der Waals surface area (Å²) in [5.41, 5.74) is 1.03. The number of carbonyl (C=O) groups excluding carboxylic acids is 2. The molecule has 0 spiro atoms. The van der Waals surface area contributed by atoms with Gasteiger partial charge in [-0.25, -0.2) is 9.78 Å². The second-order valence-corrected chi connectivity index (χ2v) is 9.24. The number of hydrogen-bond donors (Lipinski definition) is 1. The van der Waals surface area contributed by atoms with Crippen molar-refractivity contribution >= 4 is 33.9 Å². The number of ether oxygens (including phenoxy) is 2. The lowest BCUT2D eigenvalue weighted by molar-refractivity contribution is -0.120. The van der Waals surface area contributed by atoms with Gasteiger partial charge in [-0.3, -0.25) is 9.59 Å². The summed E-state index contributed by atoms with van der Waals surface area (Å²) in [4.78, 5) is 42.0. The van der Waals surface area contributed by atoms with Gasteiger partial charge in [0.05, 0.1) is 17.9 Å². The van der Waals surface area contributed by atoms with Crippen molar-refractivity contribution in [3.8, 4) is 0 Å².